The molecule has 0 saturated carbocycles. The molecule has 4 aromatic carbocycles. The Morgan fingerprint density at radius 3 is 2.44 bits per heavy atom. The van der Waals surface area contributed by atoms with Gasteiger partial charge in [-0.1, -0.05) is 72.3 Å². The third-order valence-electron chi connectivity index (χ3n) is 8.58. The van der Waals surface area contributed by atoms with Crippen LogP contribution in [0, 0.1) is 5.92 Å². The normalized spacial score (nSPS) is 23.5. The number of ketones is 2. The summed E-state index contributed by atoms with van der Waals surface area (Å²) >= 11 is 6.17. The van der Waals surface area contributed by atoms with Gasteiger partial charge in [-0.15, -0.1) is 0 Å². The van der Waals surface area contributed by atoms with Crippen molar-refractivity contribution in [3.63, 3.8) is 0 Å². The van der Waals surface area contributed by atoms with Gasteiger partial charge in [0.05, 0.1) is 19.1 Å². The Labute approximate surface area is 242 Å². The standard InChI is InChI=1S/C34H25ClN2O4/c1-41-24-9-6-8-22(19-24)32(39)30-29(31(38)21-13-16-23(35)17-14-21)34(25-10-3-4-11-26(25)36-33(34)40)28-18-15-20-7-2-5-12-27(20)37(28)30/h2-19,28-30H,1H3,(H,36,40)/t28-,29+,30-,34-/m1/s1. The van der Waals surface area contributed by atoms with Gasteiger partial charge in [0, 0.05) is 27.5 Å². The van der Waals surface area contributed by atoms with Crippen molar-refractivity contribution in [1.82, 2.24) is 0 Å². The zero-order chi connectivity index (χ0) is 28.3. The maximum Gasteiger partial charge on any atom is 0.238 e. The van der Waals surface area contributed by atoms with E-state index in [2.05, 4.69) is 5.32 Å². The first-order chi connectivity index (χ1) is 19.9. The number of para-hydroxylation sites is 2. The van der Waals surface area contributed by atoms with Gasteiger partial charge in [0.2, 0.25) is 5.91 Å². The largest absolute Gasteiger partial charge is 0.497 e. The van der Waals surface area contributed by atoms with Gasteiger partial charge < -0.3 is 15.0 Å². The highest BCUT2D eigenvalue weighted by Crippen LogP contribution is 2.58. The van der Waals surface area contributed by atoms with Crippen molar-refractivity contribution in [2.24, 2.45) is 5.92 Å². The lowest BCUT2D eigenvalue weighted by Crippen LogP contribution is -2.51. The third-order valence-corrected chi connectivity index (χ3v) is 8.83. The van der Waals surface area contributed by atoms with E-state index >= 15 is 0 Å². The molecule has 0 unspecified atom stereocenters. The van der Waals surface area contributed by atoms with Crippen molar-refractivity contribution < 1.29 is 19.1 Å². The second-order valence-electron chi connectivity index (χ2n) is 10.5. The minimum atomic E-state index is -1.36. The van der Waals surface area contributed by atoms with Gasteiger partial charge >= 0.3 is 0 Å². The van der Waals surface area contributed by atoms with Crippen molar-refractivity contribution >= 4 is 46.5 Å². The second kappa shape index (κ2) is 9.46. The third kappa shape index (κ3) is 3.60. The van der Waals surface area contributed by atoms with Crippen molar-refractivity contribution in [2.75, 3.05) is 17.3 Å². The molecule has 41 heavy (non-hydrogen) atoms. The van der Waals surface area contributed by atoms with Gasteiger partial charge in [-0.2, -0.15) is 0 Å². The molecule has 0 bridgehead atoms. The Bertz CT molecular complexity index is 1760. The molecule has 3 aliphatic heterocycles. The van der Waals surface area contributed by atoms with Crippen LogP contribution in [0.1, 0.15) is 31.8 Å². The highest BCUT2D eigenvalue weighted by molar-refractivity contribution is 6.30. The number of amides is 1. The highest BCUT2D eigenvalue weighted by atomic mass is 35.5. The summed E-state index contributed by atoms with van der Waals surface area (Å²) in [5.74, 6) is -1.38. The first kappa shape index (κ1) is 25.3. The lowest BCUT2D eigenvalue weighted by molar-refractivity contribution is -0.121. The molecule has 1 N–H and O–H groups in total. The number of hydrogen-bond acceptors (Lipinski definition) is 5. The molecule has 1 amide bonds. The lowest BCUT2D eigenvalue weighted by atomic mass is 9.64. The van der Waals surface area contributed by atoms with E-state index in [9.17, 15) is 14.4 Å². The molecule has 202 valence electrons. The van der Waals surface area contributed by atoms with Crippen molar-refractivity contribution in [1.29, 1.82) is 0 Å². The molecule has 6 nitrogen and oxygen atoms in total. The molecule has 0 radical (unpaired) electrons. The summed E-state index contributed by atoms with van der Waals surface area (Å²) < 4.78 is 5.42. The van der Waals surface area contributed by atoms with E-state index in [0.29, 0.717) is 33.1 Å². The fraction of sp³-hybridized carbons (Fsp3) is 0.147. The number of carbonyl (C=O) groups excluding carboxylic acids is 3. The molecule has 0 aliphatic carbocycles. The van der Waals surface area contributed by atoms with Gasteiger partial charge in [0.25, 0.3) is 0 Å². The molecule has 4 atom stereocenters. The topological polar surface area (TPSA) is 75.7 Å². The summed E-state index contributed by atoms with van der Waals surface area (Å²) in [6, 6.07) is 27.2. The Hall–Kier alpha value is -4.68. The van der Waals surface area contributed by atoms with Crippen LogP contribution in [0.2, 0.25) is 5.02 Å². The fourth-order valence-electron chi connectivity index (χ4n) is 6.86. The number of rotatable bonds is 5. The van der Waals surface area contributed by atoms with Crippen LogP contribution in [0.25, 0.3) is 6.08 Å². The smallest absolute Gasteiger partial charge is 0.238 e. The zero-order valence-corrected chi connectivity index (χ0v) is 22.8. The molecule has 3 aliphatic rings. The van der Waals surface area contributed by atoms with Crippen LogP contribution in [0.5, 0.6) is 5.75 Å². The lowest BCUT2D eigenvalue weighted by Gasteiger charge is -2.37. The number of nitrogens with one attached hydrogen (secondary N) is 1. The van der Waals surface area contributed by atoms with Gasteiger partial charge in [0.15, 0.2) is 11.6 Å². The molecule has 4 aromatic rings. The summed E-state index contributed by atoms with van der Waals surface area (Å²) in [5, 5.41) is 3.54. The number of benzene rings is 4. The summed E-state index contributed by atoms with van der Waals surface area (Å²) in [7, 11) is 1.54. The van der Waals surface area contributed by atoms with E-state index in [1.54, 1.807) is 55.6 Å². The zero-order valence-electron chi connectivity index (χ0n) is 22.1. The summed E-state index contributed by atoms with van der Waals surface area (Å²) in [5.41, 5.74) is 2.48. The predicted octanol–water partition coefficient (Wildman–Crippen LogP) is 6.20. The molecule has 7 heteroatoms. The monoisotopic (exact) mass is 560 g/mol. The quantitative estimate of drug-likeness (QED) is 0.294. The average molecular weight is 561 g/mol. The fourth-order valence-corrected chi connectivity index (χ4v) is 6.99. The molecule has 1 saturated heterocycles. The van der Waals surface area contributed by atoms with E-state index in [-0.39, 0.29) is 17.5 Å². The number of methoxy groups -OCH3 is 1. The van der Waals surface area contributed by atoms with E-state index in [4.69, 9.17) is 16.3 Å². The number of fused-ring (bicyclic) bond motifs is 6. The molecule has 0 aromatic heterocycles. The number of carbonyl (C=O) groups is 3. The minimum Gasteiger partial charge on any atom is -0.497 e. The Morgan fingerprint density at radius 1 is 0.878 bits per heavy atom. The Kier molecular flexibility index (Phi) is 5.84. The van der Waals surface area contributed by atoms with E-state index < -0.39 is 23.4 Å². The van der Waals surface area contributed by atoms with E-state index in [0.717, 1.165) is 11.3 Å². The second-order valence-corrected chi connectivity index (χ2v) is 11.0. The molecule has 1 fully saturated rings. The van der Waals surface area contributed by atoms with Crippen molar-refractivity contribution in [3.05, 3.63) is 130 Å². The molecular formula is C34H25ClN2O4. The number of hydrogen-bond donors (Lipinski definition) is 1. The summed E-state index contributed by atoms with van der Waals surface area (Å²) in [4.78, 5) is 45.8. The first-order valence-electron chi connectivity index (χ1n) is 13.4. The predicted molar refractivity (Wildman–Crippen MR) is 159 cm³/mol. The van der Waals surface area contributed by atoms with Crippen LogP contribution in [-0.2, 0) is 10.2 Å². The molecular weight excluding hydrogens is 536 g/mol. The average Bonchev–Trinajstić information content (AvgIpc) is 3.49. The molecule has 3 heterocycles. The number of anilines is 2. The van der Waals surface area contributed by atoms with Crippen molar-refractivity contribution in [2.45, 2.75) is 17.5 Å². The number of ether oxygens (including phenoxy) is 1. The van der Waals surface area contributed by atoms with Crippen LogP contribution in [0.15, 0.2) is 103 Å². The van der Waals surface area contributed by atoms with E-state index in [1.807, 2.05) is 65.6 Å². The Morgan fingerprint density at radius 2 is 1.63 bits per heavy atom. The Balaban J connectivity index is 1.53. The molecule has 1 spiro atoms. The van der Waals surface area contributed by atoms with Crippen molar-refractivity contribution in [3.8, 4) is 5.75 Å². The number of Topliss-reactive ketones (excluding diaryl/α,β-unsaturated/α-hetero) is 2. The van der Waals surface area contributed by atoms with Crippen LogP contribution >= 0.6 is 11.6 Å². The van der Waals surface area contributed by atoms with Crippen LogP contribution in [0.4, 0.5) is 11.4 Å². The van der Waals surface area contributed by atoms with Gasteiger partial charge in [-0.05, 0) is 59.7 Å². The number of halogens is 1. The maximum absolute atomic E-state index is 14.7. The van der Waals surface area contributed by atoms with Crippen LogP contribution in [0.3, 0.4) is 0 Å². The van der Waals surface area contributed by atoms with Gasteiger partial charge in [-0.25, -0.2) is 0 Å². The SMILES string of the molecule is COc1cccc(C(=O)[C@H]2[C@@H](C(=O)c3ccc(Cl)cc3)[C@]3(C(=O)Nc4ccccc43)[C@H]3C=Cc4ccccc4N23)c1. The van der Waals surface area contributed by atoms with Gasteiger partial charge in [0.1, 0.15) is 17.2 Å². The maximum atomic E-state index is 14.7. The molecule has 7 rings (SSSR count). The number of nitrogens with zero attached hydrogens (tertiary/aromatic N) is 1. The summed E-state index contributed by atoms with van der Waals surface area (Å²) in [6.07, 6.45) is 3.94. The minimum absolute atomic E-state index is 0.264. The van der Waals surface area contributed by atoms with Gasteiger partial charge in [-0.3, -0.25) is 14.4 Å². The highest BCUT2D eigenvalue weighted by Gasteiger charge is 2.70. The first-order valence-corrected chi connectivity index (χ1v) is 13.8. The van der Waals surface area contributed by atoms with E-state index in [1.165, 1.54) is 0 Å². The van der Waals surface area contributed by atoms with Crippen LogP contribution in [-0.4, -0.2) is 36.7 Å². The summed E-state index contributed by atoms with van der Waals surface area (Å²) in [6.45, 7) is 0. The van der Waals surface area contributed by atoms with Crippen LogP contribution < -0.4 is 15.0 Å².